The maximum absolute atomic E-state index is 12.3. The molecule has 0 aliphatic carbocycles. The number of benzene rings is 1. The number of rotatable bonds is 3. The van der Waals surface area contributed by atoms with E-state index in [9.17, 15) is 14.4 Å². The van der Waals surface area contributed by atoms with Crippen LogP contribution in [0.2, 0.25) is 0 Å². The Morgan fingerprint density at radius 3 is 2.30 bits per heavy atom. The van der Waals surface area contributed by atoms with Crippen molar-refractivity contribution in [1.82, 2.24) is 4.90 Å². The van der Waals surface area contributed by atoms with Crippen molar-refractivity contribution in [3.05, 3.63) is 35.4 Å². The Morgan fingerprint density at radius 1 is 1.15 bits per heavy atom. The fraction of sp³-hybridized carbons (Fsp3) is 0.400. The van der Waals surface area contributed by atoms with Gasteiger partial charge in [-0.25, -0.2) is 0 Å². The third kappa shape index (κ3) is 3.04. The van der Waals surface area contributed by atoms with E-state index in [0.29, 0.717) is 30.5 Å². The van der Waals surface area contributed by atoms with Crippen LogP contribution in [-0.2, 0) is 4.79 Å². The van der Waals surface area contributed by atoms with Crippen molar-refractivity contribution in [2.75, 3.05) is 13.1 Å². The van der Waals surface area contributed by atoms with E-state index in [0.717, 1.165) is 0 Å². The van der Waals surface area contributed by atoms with Gasteiger partial charge in [-0.3, -0.25) is 14.4 Å². The highest BCUT2D eigenvalue weighted by Crippen LogP contribution is 2.19. The fourth-order valence-electron chi connectivity index (χ4n) is 2.39. The summed E-state index contributed by atoms with van der Waals surface area (Å²) in [4.78, 5) is 36.1. The minimum Gasteiger partial charge on any atom is -0.481 e. The molecule has 1 aromatic carbocycles. The van der Waals surface area contributed by atoms with Gasteiger partial charge in [0, 0.05) is 24.2 Å². The molecule has 1 atom stereocenters. The molecule has 0 saturated carbocycles. The first-order valence-electron chi connectivity index (χ1n) is 6.62. The van der Waals surface area contributed by atoms with Crippen LogP contribution in [0.25, 0.3) is 0 Å². The molecule has 1 N–H and O–H groups in total. The van der Waals surface area contributed by atoms with Crippen LogP contribution >= 0.6 is 0 Å². The molecule has 1 aliphatic heterocycles. The van der Waals surface area contributed by atoms with Crippen LogP contribution in [0.3, 0.4) is 0 Å². The van der Waals surface area contributed by atoms with Crippen molar-refractivity contribution in [2.24, 2.45) is 5.92 Å². The van der Waals surface area contributed by atoms with Crippen LogP contribution in [0.4, 0.5) is 0 Å². The monoisotopic (exact) mass is 275 g/mol. The van der Waals surface area contributed by atoms with E-state index >= 15 is 0 Å². The SMILES string of the molecule is CC(=O)c1ccc(C(=O)N2CCC[C@H](C(=O)O)C2)cc1. The van der Waals surface area contributed by atoms with E-state index in [4.69, 9.17) is 5.11 Å². The van der Waals surface area contributed by atoms with Gasteiger partial charge in [0.05, 0.1) is 5.92 Å². The number of ketones is 1. The fourth-order valence-corrected chi connectivity index (χ4v) is 2.39. The summed E-state index contributed by atoms with van der Waals surface area (Å²) in [6, 6.07) is 6.47. The Bertz CT molecular complexity index is 535. The molecule has 106 valence electrons. The zero-order chi connectivity index (χ0) is 14.7. The largest absolute Gasteiger partial charge is 0.481 e. The number of likely N-dealkylation sites (tertiary alicyclic amines) is 1. The van der Waals surface area contributed by atoms with E-state index in [1.165, 1.54) is 6.92 Å². The molecule has 1 fully saturated rings. The lowest BCUT2D eigenvalue weighted by atomic mass is 9.97. The number of carboxylic acids is 1. The molecule has 0 unspecified atom stereocenters. The van der Waals surface area contributed by atoms with Gasteiger partial charge in [-0.15, -0.1) is 0 Å². The van der Waals surface area contributed by atoms with Gasteiger partial charge in [0.2, 0.25) is 0 Å². The highest BCUT2D eigenvalue weighted by Gasteiger charge is 2.28. The summed E-state index contributed by atoms with van der Waals surface area (Å²) in [7, 11) is 0. The molecule has 0 bridgehead atoms. The summed E-state index contributed by atoms with van der Waals surface area (Å²) in [5, 5.41) is 9.03. The number of aliphatic carboxylic acids is 1. The van der Waals surface area contributed by atoms with Crippen molar-refractivity contribution in [2.45, 2.75) is 19.8 Å². The molecule has 0 aromatic heterocycles. The summed E-state index contributed by atoms with van der Waals surface area (Å²) in [6.07, 6.45) is 1.32. The second kappa shape index (κ2) is 5.86. The Labute approximate surface area is 117 Å². The molecular weight excluding hydrogens is 258 g/mol. The topological polar surface area (TPSA) is 74.7 Å². The number of hydrogen-bond donors (Lipinski definition) is 1. The van der Waals surface area contributed by atoms with Crippen LogP contribution in [0.15, 0.2) is 24.3 Å². The smallest absolute Gasteiger partial charge is 0.308 e. The standard InChI is InChI=1S/C15H17NO4/c1-10(17)11-4-6-12(7-5-11)14(18)16-8-2-3-13(9-16)15(19)20/h4-7,13H,2-3,8-9H2,1H3,(H,19,20)/t13-/m0/s1. The number of carboxylic acid groups (broad SMARTS) is 1. The molecule has 1 aliphatic rings. The zero-order valence-electron chi connectivity index (χ0n) is 11.3. The first-order valence-corrected chi connectivity index (χ1v) is 6.62. The van der Waals surface area contributed by atoms with Crippen LogP contribution in [0.1, 0.15) is 40.5 Å². The van der Waals surface area contributed by atoms with Crippen LogP contribution in [0, 0.1) is 5.92 Å². The van der Waals surface area contributed by atoms with Gasteiger partial charge in [0.25, 0.3) is 5.91 Å². The summed E-state index contributed by atoms with van der Waals surface area (Å²) >= 11 is 0. The lowest BCUT2D eigenvalue weighted by molar-refractivity contribution is -0.143. The molecule has 20 heavy (non-hydrogen) atoms. The van der Waals surface area contributed by atoms with Crippen LogP contribution in [0.5, 0.6) is 0 Å². The number of amides is 1. The summed E-state index contributed by atoms with van der Waals surface area (Å²) in [5.74, 6) is -1.56. The van der Waals surface area contributed by atoms with Gasteiger partial charge >= 0.3 is 5.97 Å². The Kier molecular flexibility index (Phi) is 4.17. The van der Waals surface area contributed by atoms with Gasteiger partial charge in [-0.1, -0.05) is 12.1 Å². The predicted molar refractivity (Wildman–Crippen MR) is 72.7 cm³/mol. The van der Waals surface area contributed by atoms with Crippen molar-refractivity contribution in [3.63, 3.8) is 0 Å². The first kappa shape index (κ1) is 14.2. The number of Topliss-reactive ketones (excluding diaryl/α,β-unsaturated/α-hetero) is 1. The van der Waals surface area contributed by atoms with Crippen molar-refractivity contribution in [1.29, 1.82) is 0 Å². The molecule has 5 heteroatoms. The van der Waals surface area contributed by atoms with Crippen LogP contribution < -0.4 is 0 Å². The number of hydrogen-bond acceptors (Lipinski definition) is 3. The van der Waals surface area contributed by atoms with Gasteiger partial charge < -0.3 is 10.0 Å². The lowest BCUT2D eigenvalue weighted by Crippen LogP contribution is -2.42. The molecule has 1 amide bonds. The van der Waals surface area contributed by atoms with Crippen LogP contribution in [-0.4, -0.2) is 40.8 Å². The number of carbonyl (C=O) groups is 3. The Morgan fingerprint density at radius 2 is 1.75 bits per heavy atom. The number of carbonyl (C=O) groups excluding carboxylic acids is 2. The molecule has 1 heterocycles. The van der Waals surface area contributed by atoms with E-state index in [1.807, 2.05) is 0 Å². The Balaban J connectivity index is 2.10. The van der Waals surface area contributed by atoms with Crippen molar-refractivity contribution < 1.29 is 19.5 Å². The molecule has 2 rings (SSSR count). The maximum atomic E-state index is 12.3. The predicted octanol–water partition coefficient (Wildman–Crippen LogP) is 1.83. The van der Waals surface area contributed by atoms with Gasteiger partial charge in [0.15, 0.2) is 5.78 Å². The minimum absolute atomic E-state index is 0.0482. The average Bonchev–Trinajstić information content (AvgIpc) is 2.46. The molecule has 0 radical (unpaired) electrons. The summed E-state index contributed by atoms with van der Waals surface area (Å²) in [5.41, 5.74) is 1.05. The summed E-state index contributed by atoms with van der Waals surface area (Å²) < 4.78 is 0. The average molecular weight is 275 g/mol. The molecular formula is C15H17NO4. The third-order valence-corrected chi connectivity index (χ3v) is 3.60. The van der Waals surface area contributed by atoms with Gasteiger partial charge in [-0.2, -0.15) is 0 Å². The highest BCUT2D eigenvalue weighted by atomic mass is 16.4. The lowest BCUT2D eigenvalue weighted by Gasteiger charge is -2.30. The minimum atomic E-state index is -0.852. The number of piperidine rings is 1. The highest BCUT2D eigenvalue weighted by molar-refractivity contribution is 5.97. The molecule has 5 nitrogen and oxygen atoms in total. The van der Waals surface area contributed by atoms with Crippen molar-refractivity contribution >= 4 is 17.7 Å². The Hall–Kier alpha value is -2.17. The quantitative estimate of drug-likeness (QED) is 0.854. The molecule has 0 spiro atoms. The first-order chi connectivity index (χ1) is 9.49. The number of nitrogens with zero attached hydrogens (tertiary/aromatic N) is 1. The van der Waals surface area contributed by atoms with E-state index in [-0.39, 0.29) is 18.2 Å². The third-order valence-electron chi connectivity index (χ3n) is 3.60. The zero-order valence-corrected chi connectivity index (χ0v) is 11.3. The second-order valence-electron chi connectivity index (χ2n) is 5.06. The van der Waals surface area contributed by atoms with Gasteiger partial charge in [-0.05, 0) is 31.9 Å². The maximum Gasteiger partial charge on any atom is 0.308 e. The van der Waals surface area contributed by atoms with Gasteiger partial charge in [0.1, 0.15) is 0 Å². The van der Waals surface area contributed by atoms with E-state index in [1.54, 1.807) is 29.2 Å². The normalized spacial score (nSPS) is 18.6. The summed E-state index contributed by atoms with van der Waals surface area (Å²) in [6.45, 7) is 2.30. The molecule has 1 saturated heterocycles. The molecule has 1 aromatic rings. The van der Waals surface area contributed by atoms with E-state index in [2.05, 4.69) is 0 Å². The van der Waals surface area contributed by atoms with E-state index < -0.39 is 11.9 Å². The second-order valence-corrected chi connectivity index (χ2v) is 5.06. The van der Waals surface area contributed by atoms with Crippen molar-refractivity contribution in [3.8, 4) is 0 Å².